The molecule has 0 aliphatic carbocycles. The van der Waals surface area contributed by atoms with Crippen molar-refractivity contribution < 1.29 is 0 Å². The molecule has 0 radical (unpaired) electrons. The molecule has 0 aliphatic heterocycles. The van der Waals surface area contributed by atoms with E-state index in [4.69, 9.17) is 0 Å². The summed E-state index contributed by atoms with van der Waals surface area (Å²) in [5, 5.41) is 11.3. The highest BCUT2D eigenvalue weighted by atomic mass is 32.1. The van der Waals surface area contributed by atoms with Crippen molar-refractivity contribution in [3.8, 4) is 0 Å². The highest BCUT2D eigenvalue weighted by Crippen LogP contribution is 2.15. The van der Waals surface area contributed by atoms with Crippen LogP contribution in [0.2, 0.25) is 0 Å². The van der Waals surface area contributed by atoms with Crippen LogP contribution < -0.4 is 10.6 Å². The Morgan fingerprint density at radius 1 is 1.24 bits per heavy atom. The van der Waals surface area contributed by atoms with Crippen LogP contribution in [-0.2, 0) is 19.5 Å². The summed E-state index contributed by atoms with van der Waals surface area (Å²) in [6.07, 6.45) is 4.19. The zero-order chi connectivity index (χ0) is 17.5. The Bertz CT molecular complexity index is 833. The molecule has 0 atom stereocenters. The number of fused-ring (bicyclic) bond motifs is 1. The zero-order valence-electron chi connectivity index (χ0n) is 14.8. The van der Waals surface area contributed by atoms with Gasteiger partial charge >= 0.3 is 0 Å². The summed E-state index contributed by atoms with van der Waals surface area (Å²) in [4.78, 5) is 8.84. The maximum atomic E-state index is 4.56. The molecule has 0 saturated heterocycles. The number of aryl methyl sites for hydroxylation is 2. The molecule has 5 nitrogen and oxygen atoms in total. The lowest BCUT2D eigenvalue weighted by Crippen LogP contribution is -2.37. The number of aromatic nitrogens is 2. The number of benzene rings is 1. The van der Waals surface area contributed by atoms with Gasteiger partial charge in [-0.3, -0.25) is 4.99 Å². The molecule has 25 heavy (non-hydrogen) atoms. The average molecular weight is 356 g/mol. The molecular weight excluding hydrogens is 330 g/mol. The third kappa shape index (κ3) is 4.60. The van der Waals surface area contributed by atoms with Crippen molar-refractivity contribution >= 4 is 28.2 Å². The number of thiazole rings is 1. The predicted octanol–water partition coefficient (Wildman–Crippen LogP) is 3.42. The fourth-order valence-corrected chi connectivity index (χ4v) is 3.52. The van der Waals surface area contributed by atoms with E-state index >= 15 is 0 Å². The van der Waals surface area contributed by atoms with Gasteiger partial charge in [0.1, 0.15) is 0 Å². The lowest BCUT2D eigenvalue weighted by Gasteiger charge is -2.11. The van der Waals surface area contributed by atoms with E-state index in [1.165, 1.54) is 15.9 Å². The smallest absolute Gasteiger partial charge is 0.191 e. The summed E-state index contributed by atoms with van der Waals surface area (Å²) in [6.45, 7) is 4.70. The molecule has 0 saturated carbocycles. The van der Waals surface area contributed by atoms with Gasteiger partial charge in [-0.05, 0) is 30.4 Å². The van der Waals surface area contributed by atoms with E-state index in [1.54, 1.807) is 18.4 Å². The van der Waals surface area contributed by atoms with Gasteiger partial charge in [-0.15, -0.1) is 11.3 Å². The van der Waals surface area contributed by atoms with Crippen molar-refractivity contribution in [3.05, 3.63) is 52.6 Å². The molecule has 2 N–H and O–H groups in total. The van der Waals surface area contributed by atoms with Crippen molar-refractivity contribution in [3.63, 3.8) is 0 Å². The van der Waals surface area contributed by atoms with Crippen LogP contribution in [0.1, 0.15) is 24.0 Å². The topological polar surface area (TPSA) is 54.2 Å². The standard InChI is InChI=1S/C19H25N5S/c1-3-18-23-16(14-25-18)13-22-19(20-2)21-10-6-11-24-12-9-15-7-4-5-8-17(15)24/h4-5,7-9,12,14H,3,6,10-11,13H2,1-2H3,(H2,20,21,22). The summed E-state index contributed by atoms with van der Waals surface area (Å²) in [6, 6.07) is 10.7. The normalized spacial score (nSPS) is 11.8. The molecule has 0 amide bonds. The molecule has 3 rings (SSSR count). The Hall–Kier alpha value is -2.34. The van der Waals surface area contributed by atoms with Gasteiger partial charge in [-0.2, -0.15) is 0 Å². The minimum Gasteiger partial charge on any atom is -0.356 e. The van der Waals surface area contributed by atoms with E-state index in [0.29, 0.717) is 6.54 Å². The number of aliphatic imine (C=N–C) groups is 1. The first kappa shape index (κ1) is 17.5. The number of hydrogen-bond donors (Lipinski definition) is 2. The summed E-state index contributed by atoms with van der Waals surface area (Å²) in [5.41, 5.74) is 2.36. The van der Waals surface area contributed by atoms with Gasteiger partial charge in [0.2, 0.25) is 0 Å². The monoisotopic (exact) mass is 355 g/mol. The number of nitrogens with one attached hydrogen (secondary N) is 2. The zero-order valence-corrected chi connectivity index (χ0v) is 15.6. The van der Waals surface area contributed by atoms with Crippen LogP contribution in [0.3, 0.4) is 0 Å². The highest BCUT2D eigenvalue weighted by molar-refractivity contribution is 7.09. The van der Waals surface area contributed by atoms with Gasteiger partial charge in [0.15, 0.2) is 5.96 Å². The Labute approximate surface area is 152 Å². The van der Waals surface area contributed by atoms with E-state index in [9.17, 15) is 0 Å². The Balaban J connectivity index is 1.42. The molecule has 1 aromatic carbocycles. The first-order valence-electron chi connectivity index (χ1n) is 8.72. The van der Waals surface area contributed by atoms with Gasteiger partial charge < -0.3 is 15.2 Å². The third-order valence-electron chi connectivity index (χ3n) is 4.11. The second-order valence-corrected chi connectivity index (χ2v) is 6.80. The van der Waals surface area contributed by atoms with Crippen LogP contribution in [0.4, 0.5) is 0 Å². The van der Waals surface area contributed by atoms with Crippen LogP contribution in [0.25, 0.3) is 10.9 Å². The summed E-state index contributed by atoms with van der Waals surface area (Å²) in [5.74, 6) is 0.823. The number of para-hydroxylation sites is 1. The Morgan fingerprint density at radius 3 is 2.92 bits per heavy atom. The predicted molar refractivity (Wildman–Crippen MR) is 106 cm³/mol. The van der Waals surface area contributed by atoms with E-state index in [0.717, 1.165) is 37.6 Å². The molecule has 0 aliphatic rings. The maximum Gasteiger partial charge on any atom is 0.191 e. The van der Waals surface area contributed by atoms with E-state index in [-0.39, 0.29) is 0 Å². The quantitative estimate of drug-likeness (QED) is 0.388. The molecule has 3 aromatic rings. The van der Waals surface area contributed by atoms with Gasteiger partial charge in [0, 0.05) is 37.2 Å². The number of nitrogens with zero attached hydrogens (tertiary/aromatic N) is 3. The molecule has 2 heterocycles. The summed E-state index contributed by atoms with van der Waals surface area (Å²) >= 11 is 1.72. The van der Waals surface area contributed by atoms with Crippen LogP contribution in [0.5, 0.6) is 0 Å². The van der Waals surface area contributed by atoms with Crippen molar-refractivity contribution in [1.29, 1.82) is 0 Å². The van der Waals surface area contributed by atoms with Crippen LogP contribution in [0.15, 0.2) is 46.9 Å². The number of rotatable bonds is 7. The molecule has 0 unspecified atom stereocenters. The van der Waals surface area contributed by atoms with Gasteiger partial charge in [-0.1, -0.05) is 25.1 Å². The Kier molecular flexibility index (Phi) is 6.06. The first-order valence-corrected chi connectivity index (χ1v) is 9.59. The van der Waals surface area contributed by atoms with Gasteiger partial charge in [0.05, 0.1) is 17.2 Å². The molecule has 0 bridgehead atoms. The van der Waals surface area contributed by atoms with Crippen LogP contribution in [-0.4, -0.2) is 29.1 Å². The van der Waals surface area contributed by atoms with Crippen molar-refractivity contribution in [1.82, 2.24) is 20.2 Å². The van der Waals surface area contributed by atoms with Crippen LogP contribution in [0, 0.1) is 0 Å². The summed E-state index contributed by atoms with van der Waals surface area (Å²) < 4.78 is 2.30. The molecule has 0 spiro atoms. The average Bonchev–Trinajstić information content (AvgIpc) is 3.28. The molecular formula is C19H25N5S. The molecule has 6 heteroatoms. The third-order valence-corrected chi connectivity index (χ3v) is 5.15. The number of guanidine groups is 1. The van der Waals surface area contributed by atoms with Gasteiger partial charge in [0.25, 0.3) is 0 Å². The maximum absolute atomic E-state index is 4.56. The molecule has 2 aromatic heterocycles. The molecule has 132 valence electrons. The minimum atomic E-state index is 0.707. The fourth-order valence-electron chi connectivity index (χ4n) is 2.78. The lowest BCUT2D eigenvalue weighted by molar-refractivity contribution is 0.640. The Morgan fingerprint density at radius 2 is 2.12 bits per heavy atom. The van der Waals surface area contributed by atoms with Gasteiger partial charge in [-0.25, -0.2) is 4.98 Å². The van der Waals surface area contributed by atoms with Crippen molar-refractivity contribution in [2.75, 3.05) is 13.6 Å². The van der Waals surface area contributed by atoms with Crippen molar-refractivity contribution in [2.24, 2.45) is 4.99 Å². The largest absolute Gasteiger partial charge is 0.356 e. The summed E-state index contributed by atoms with van der Waals surface area (Å²) in [7, 11) is 1.80. The lowest BCUT2D eigenvalue weighted by atomic mass is 10.2. The number of hydrogen-bond acceptors (Lipinski definition) is 3. The second-order valence-electron chi connectivity index (χ2n) is 5.86. The second kappa shape index (κ2) is 8.67. The molecule has 0 fully saturated rings. The van der Waals surface area contributed by atoms with Crippen LogP contribution >= 0.6 is 11.3 Å². The van der Waals surface area contributed by atoms with E-state index in [1.807, 2.05) is 0 Å². The minimum absolute atomic E-state index is 0.707. The van der Waals surface area contributed by atoms with E-state index < -0.39 is 0 Å². The highest BCUT2D eigenvalue weighted by Gasteiger charge is 2.03. The van der Waals surface area contributed by atoms with E-state index in [2.05, 4.69) is 74.0 Å². The fraction of sp³-hybridized carbons (Fsp3) is 0.368. The van der Waals surface area contributed by atoms with Crippen molar-refractivity contribution in [2.45, 2.75) is 32.9 Å². The SMILES string of the molecule is CCc1nc(CNC(=NC)NCCCn2ccc3ccccc32)cs1. The first-order chi connectivity index (χ1) is 12.3.